The Kier molecular flexibility index (Phi) is 6.40. The van der Waals surface area contributed by atoms with Gasteiger partial charge in [-0.15, -0.1) is 13.2 Å². The molecule has 1 amide bonds. The number of nitrogens with zero attached hydrogens (tertiary/aromatic N) is 4. The van der Waals surface area contributed by atoms with Gasteiger partial charge in [-0.25, -0.2) is 24.1 Å². The molecule has 0 saturated carbocycles. The number of halogens is 4. The molecule has 0 spiro atoms. The zero-order valence-electron chi connectivity index (χ0n) is 18.3. The number of benzene rings is 1. The van der Waals surface area contributed by atoms with Crippen molar-refractivity contribution in [1.29, 1.82) is 0 Å². The molecule has 4 aromatic rings. The number of hydrogen-bond acceptors (Lipinski definition) is 7. The molecule has 0 aliphatic rings. The average molecular weight is 490 g/mol. The zero-order chi connectivity index (χ0) is 25.2. The molecule has 3 aromatic heterocycles. The molecule has 0 bridgehead atoms. The fraction of sp³-hybridized carbons (Fsp3) is 0.182. The Morgan fingerprint density at radius 3 is 2.66 bits per heavy atom. The van der Waals surface area contributed by atoms with Crippen molar-refractivity contribution >= 4 is 29.1 Å². The highest BCUT2D eigenvalue weighted by atomic mass is 19.4. The molecule has 182 valence electrons. The molecule has 4 rings (SSSR count). The molecule has 13 heteroatoms. The lowest BCUT2D eigenvalue weighted by Crippen LogP contribution is -2.18. The number of alkyl halides is 3. The second-order valence-electron chi connectivity index (χ2n) is 7.47. The maximum absolute atomic E-state index is 14.6. The third-order valence-corrected chi connectivity index (χ3v) is 4.40. The van der Waals surface area contributed by atoms with Gasteiger partial charge in [0.2, 0.25) is 5.78 Å². The summed E-state index contributed by atoms with van der Waals surface area (Å²) < 4.78 is 63.2. The Bertz CT molecular complexity index is 1370. The van der Waals surface area contributed by atoms with Crippen molar-refractivity contribution in [2.45, 2.75) is 26.3 Å². The summed E-state index contributed by atoms with van der Waals surface area (Å²) in [6.07, 6.45) is -0.210. The number of carbonyl (C=O) groups excluding carboxylic acids is 1. The highest BCUT2D eigenvalue weighted by Gasteiger charge is 2.32. The normalized spacial score (nSPS) is 11.5. The van der Waals surface area contributed by atoms with Crippen LogP contribution in [0.3, 0.4) is 0 Å². The van der Waals surface area contributed by atoms with E-state index < -0.39 is 24.0 Å². The SMILES string of the molecule is CC(C)OC(=O)Nc1cnc2nc(-c3cc(Nc4ncccc4OC(F)(F)F)ccc3F)cn2c1. The number of fused-ring (bicyclic) bond motifs is 1. The summed E-state index contributed by atoms with van der Waals surface area (Å²) >= 11 is 0. The molecule has 0 aliphatic carbocycles. The number of hydrogen-bond donors (Lipinski definition) is 2. The van der Waals surface area contributed by atoms with Gasteiger partial charge in [0.25, 0.3) is 0 Å². The van der Waals surface area contributed by atoms with E-state index in [1.807, 2.05) is 0 Å². The molecule has 9 nitrogen and oxygen atoms in total. The van der Waals surface area contributed by atoms with E-state index in [0.29, 0.717) is 5.69 Å². The summed E-state index contributed by atoms with van der Waals surface area (Å²) in [7, 11) is 0. The number of imidazole rings is 1. The number of aromatic nitrogens is 4. The van der Waals surface area contributed by atoms with Gasteiger partial charge in [0, 0.05) is 29.8 Å². The van der Waals surface area contributed by atoms with Gasteiger partial charge in [0.1, 0.15) is 5.82 Å². The summed E-state index contributed by atoms with van der Waals surface area (Å²) in [6, 6.07) is 6.22. The molecule has 35 heavy (non-hydrogen) atoms. The molecular weight excluding hydrogens is 472 g/mol. The summed E-state index contributed by atoms with van der Waals surface area (Å²) in [6.45, 7) is 3.41. The Balaban J connectivity index is 1.61. The fourth-order valence-electron chi connectivity index (χ4n) is 3.07. The lowest BCUT2D eigenvalue weighted by atomic mass is 10.1. The van der Waals surface area contributed by atoms with Crippen LogP contribution in [-0.4, -0.2) is 37.9 Å². The van der Waals surface area contributed by atoms with Gasteiger partial charge in [-0.3, -0.25) is 9.72 Å². The number of ether oxygens (including phenoxy) is 2. The van der Waals surface area contributed by atoms with Gasteiger partial charge in [-0.1, -0.05) is 0 Å². The smallest absolute Gasteiger partial charge is 0.447 e. The lowest BCUT2D eigenvalue weighted by Gasteiger charge is -2.14. The Morgan fingerprint density at radius 2 is 1.91 bits per heavy atom. The third kappa shape index (κ3) is 5.93. The Labute approximate surface area is 195 Å². The van der Waals surface area contributed by atoms with E-state index in [9.17, 15) is 22.4 Å². The van der Waals surface area contributed by atoms with Crippen LogP contribution < -0.4 is 15.4 Å². The predicted octanol–water partition coefficient (Wildman–Crippen LogP) is 5.53. The molecule has 3 heterocycles. The van der Waals surface area contributed by atoms with Crippen LogP contribution >= 0.6 is 0 Å². The van der Waals surface area contributed by atoms with Crippen molar-refractivity contribution in [1.82, 2.24) is 19.4 Å². The number of rotatable bonds is 6. The van der Waals surface area contributed by atoms with Gasteiger partial charge in [-0.05, 0) is 44.2 Å². The van der Waals surface area contributed by atoms with Crippen LogP contribution in [0, 0.1) is 5.82 Å². The van der Waals surface area contributed by atoms with Crippen LogP contribution in [0.4, 0.5) is 39.5 Å². The van der Waals surface area contributed by atoms with Crippen LogP contribution in [0.2, 0.25) is 0 Å². The summed E-state index contributed by atoms with van der Waals surface area (Å²) in [5, 5.41) is 5.23. The van der Waals surface area contributed by atoms with Crippen LogP contribution in [0.1, 0.15) is 13.8 Å². The molecule has 1 aromatic carbocycles. The molecule has 0 aliphatic heterocycles. The van der Waals surface area contributed by atoms with E-state index in [0.717, 1.165) is 12.1 Å². The van der Waals surface area contributed by atoms with Crippen molar-refractivity contribution in [3.63, 3.8) is 0 Å². The maximum Gasteiger partial charge on any atom is 0.573 e. The number of pyridine rings is 1. The van der Waals surface area contributed by atoms with E-state index in [-0.39, 0.29) is 34.6 Å². The number of nitrogens with one attached hydrogen (secondary N) is 2. The molecule has 0 radical (unpaired) electrons. The van der Waals surface area contributed by atoms with E-state index in [2.05, 4.69) is 30.3 Å². The Morgan fingerprint density at radius 1 is 1.11 bits per heavy atom. The quantitative estimate of drug-likeness (QED) is 0.343. The van der Waals surface area contributed by atoms with Crippen molar-refractivity contribution in [2.24, 2.45) is 0 Å². The third-order valence-electron chi connectivity index (χ3n) is 4.40. The standard InChI is InChI=1S/C22H18F4N6O3/c1-12(2)34-21(33)30-14-9-28-20-31-17(11-32(20)10-14)15-8-13(5-6-16(15)23)29-19-18(4-3-7-27-19)35-22(24,25)26/h3-12H,1-2H3,(H,27,29)(H,30,33). The summed E-state index contributed by atoms with van der Waals surface area (Å²) in [4.78, 5) is 24.1. The highest BCUT2D eigenvalue weighted by molar-refractivity contribution is 5.84. The van der Waals surface area contributed by atoms with Gasteiger partial charge >= 0.3 is 12.5 Å². The average Bonchev–Trinajstić information content (AvgIpc) is 3.18. The minimum absolute atomic E-state index is 0.0587. The first-order valence-corrected chi connectivity index (χ1v) is 10.2. The van der Waals surface area contributed by atoms with E-state index >= 15 is 0 Å². The van der Waals surface area contributed by atoms with Crippen molar-refractivity contribution < 1.29 is 31.8 Å². The second-order valence-corrected chi connectivity index (χ2v) is 7.47. The van der Waals surface area contributed by atoms with Gasteiger partial charge in [0.15, 0.2) is 11.6 Å². The lowest BCUT2D eigenvalue weighted by molar-refractivity contribution is -0.274. The van der Waals surface area contributed by atoms with Crippen LogP contribution in [0.15, 0.2) is 55.1 Å². The molecule has 2 N–H and O–H groups in total. The van der Waals surface area contributed by atoms with Gasteiger partial charge in [0.05, 0.1) is 23.7 Å². The number of carbonyl (C=O) groups is 1. The van der Waals surface area contributed by atoms with Gasteiger partial charge in [-0.2, -0.15) is 0 Å². The monoisotopic (exact) mass is 490 g/mol. The van der Waals surface area contributed by atoms with Crippen LogP contribution in [-0.2, 0) is 4.74 Å². The van der Waals surface area contributed by atoms with Crippen molar-refractivity contribution in [3.05, 3.63) is 60.9 Å². The maximum atomic E-state index is 14.6. The first-order valence-electron chi connectivity index (χ1n) is 10.2. The summed E-state index contributed by atoms with van der Waals surface area (Å²) in [5.74, 6) is -1.14. The molecular formula is C22H18F4N6O3. The molecule has 0 unspecified atom stereocenters. The number of amides is 1. The minimum Gasteiger partial charge on any atom is -0.447 e. The van der Waals surface area contributed by atoms with Crippen molar-refractivity contribution in [2.75, 3.05) is 10.6 Å². The first-order chi connectivity index (χ1) is 16.6. The fourth-order valence-corrected chi connectivity index (χ4v) is 3.07. The van der Waals surface area contributed by atoms with Crippen molar-refractivity contribution in [3.8, 4) is 17.0 Å². The highest BCUT2D eigenvalue weighted by Crippen LogP contribution is 2.32. The molecule has 0 atom stereocenters. The van der Waals surface area contributed by atoms with E-state index in [1.165, 1.54) is 47.4 Å². The first kappa shape index (κ1) is 23.7. The topological polar surface area (TPSA) is 103 Å². The predicted molar refractivity (Wildman–Crippen MR) is 118 cm³/mol. The second kappa shape index (κ2) is 9.44. The minimum atomic E-state index is -4.91. The van der Waals surface area contributed by atoms with Crippen LogP contribution in [0.5, 0.6) is 5.75 Å². The van der Waals surface area contributed by atoms with E-state index in [4.69, 9.17) is 4.74 Å². The van der Waals surface area contributed by atoms with Gasteiger partial charge < -0.3 is 14.8 Å². The Hall–Kier alpha value is -4.42. The summed E-state index contributed by atoms with van der Waals surface area (Å²) in [5.41, 5.74) is 0.836. The van der Waals surface area contributed by atoms with E-state index in [1.54, 1.807) is 13.8 Å². The zero-order valence-corrected chi connectivity index (χ0v) is 18.3. The number of anilines is 3. The molecule has 0 fully saturated rings. The molecule has 0 saturated heterocycles. The van der Waals surface area contributed by atoms with Crippen LogP contribution in [0.25, 0.3) is 17.0 Å². The largest absolute Gasteiger partial charge is 0.573 e.